The Balaban J connectivity index is 2.02. The SMILES string of the molecule is CCNC(=O)CN(CC)Cc1nc(-c2ccc(C(C)C)cc2)no1. The molecule has 1 aromatic carbocycles. The number of aromatic nitrogens is 2. The van der Waals surface area contributed by atoms with Gasteiger partial charge in [0.1, 0.15) is 0 Å². The van der Waals surface area contributed by atoms with E-state index < -0.39 is 0 Å². The molecule has 0 saturated heterocycles. The molecule has 1 N–H and O–H groups in total. The molecule has 0 saturated carbocycles. The molecule has 6 nitrogen and oxygen atoms in total. The van der Waals surface area contributed by atoms with Gasteiger partial charge in [0.25, 0.3) is 0 Å². The maximum atomic E-state index is 11.7. The zero-order valence-electron chi connectivity index (χ0n) is 14.9. The Labute approximate surface area is 143 Å². The van der Waals surface area contributed by atoms with Crippen molar-refractivity contribution in [2.45, 2.75) is 40.2 Å². The Morgan fingerprint density at radius 1 is 1.25 bits per heavy atom. The molecular formula is C18H26N4O2. The van der Waals surface area contributed by atoms with Crippen molar-refractivity contribution in [3.63, 3.8) is 0 Å². The lowest BCUT2D eigenvalue weighted by Gasteiger charge is -2.17. The predicted molar refractivity (Wildman–Crippen MR) is 93.5 cm³/mol. The molecule has 0 aliphatic heterocycles. The molecule has 1 heterocycles. The fourth-order valence-electron chi connectivity index (χ4n) is 2.38. The van der Waals surface area contributed by atoms with E-state index in [1.807, 2.05) is 30.9 Å². The van der Waals surface area contributed by atoms with Crippen LogP contribution in [0.25, 0.3) is 11.4 Å². The molecule has 1 aromatic heterocycles. The summed E-state index contributed by atoms with van der Waals surface area (Å²) in [6.07, 6.45) is 0. The summed E-state index contributed by atoms with van der Waals surface area (Å²) in [5, 5.41) is 6.84. The first-order valence-corrected chi connectivity index (χ1v) is 8.45. The molecule has 0 fully saturated rings. The number of likely N-dealkylation sites (N-methyl/N-ethyl adjacent to an activating group) is 2. The molecule has 0 spiro atoms. The van der Waals surface area contributed by atoms with Crippen LogP contribution in [0.3, 0.4) is 0 Å². The molecule has 2 rings (SSSR count). The molecule has 0 atom stereocenters. The molecule has 0 unspecified atom stereocenters. The summed E-state index contributed by atoms with van der Waals surface area (Å²) < 4.78 is 5.34. The zero-order chi connectivity index (χ0) is 17.5. The topological polar surface area (TPSA) is 71.3 Å². The van der Waals surface area contributed by atoms with Crippen LogP contribution in [0, 0.1) is 0 Å². The lowest BCUT2D eigenvalue weighted by Crippen LogP contribution is -2.36. The summed E-state index contributed by atoms with van der Waals surface area (Å²) in [5.74, 6) is 1.59. The van der Waals surface area contributed by atoms with E-state index in [0.717, 1.165) is 12.1 Å². The summed E-state index contributed by atoms with van der Waals surface area (Å²) >= 11 is 0. The third kappa shape index (κ3) is 4.89. The number of carbonyl (C=O) groups excluding carboxylic acids is 1. The van der Waals surface area contributed by atoms with Gasteiger partial charge in [-0.05, 0) is 24.9 Å². The van der Waals surface area contributed by atoms with Crippen molar-refractivity contribution in [1.82, 2.24) is 20.4 Å². The standard InChI is InChI=1S/C18H26N4O2/c1-5-19-16(23)11-22(6-2)12-17-20-18(21-24-17)15-9-7-14(8-10-15)13(3)4/h7-10,13H,5-6,11-12H2,1-4H3,(H,19,23). The van der Waals surface area contributed by atoms with Crippen LogP contribution in [0.15, 0.2) is 28.8 Å². The van der Waals surface area contributed by atoms with Gasteiger partial charge in [0.05, 0.1) is 13.1 Å². The summed E-state index contributed by atoms with van der Waals surface area (Å²) in [6.45, 7) is 10.4. The van der Waals surface area contributed by atoms with Crippen molar-refractivity contribution >= 4 is 5.91 Å². The Morgan fingerprint density at radius 2 is 1.96 bits per heavy atom. The van der Waals surface area contributed by atoms with Gasteiger partial charge in [-0.3, -0.25) is 9.69 Å². The number of benzene rings is 1. The van der Waals surface area contributed by atoms with Gasteiger partial charge in [-0.25, -0.2) is 0 Å². The number of amides is 1. The number of rotatable bonds is 8. The van der Waals surface area contributed by atoms with E-state index in [-0.39, 0.29) is 5.91 Å². The van der Waals surface area contributed by atoms with Crippen molar-refractivity contribution in [3.8, 4) is 11.4 Å². The van der Waals surface area contributed by atoms with Crippen LogP contribution < -0.4 is 5.32 Å². The first-order chi connectivity index (χ1) is 11.5. The fourth-order valence-corrected chi connectivity index (χ4v) is 2.38. The van der Waals surface area contributed by atoms with Gasteiger partial charge in [0.15, 0.2) is 0 Å². The molecule has 0 radical (unpaired) electrons. The third-order valence-electron chi connectivity index (χ3n) is 3.85. The maximum Gasteiger partial charge on any atom is 0.241 e. The lowest BCUT2D eigenvalue weighted by atomic mass is 10.0. The molecule has 2 aromatic rings. The average molecular weight is 330 g/mol. The van der Waals surface area contributed by atoms with Crippen LogP contribution in [0.5, 0.6) is 0 Å². The summed E-state index contributed by atoms with van der Waals surface area (Å²) in [5.41, 5.74) is 2.21. The first kappa shape index (κ1) is 18.1. The minimum Gasteiger partial charge on any atom is -0.355 e. The van der Waals surface area contributed by atoms with Crippen molar-refractivity contribution in [2.24, 2.45) is 0 Å². The van der Waals surface area contributed by atoms with Gasteiger partial charge in [0.2, 0.25) is 17.6 Å². The van der Waals surface area contributed by atoms with Crippen LogP contribution in [0.1, 0.15) is 45.1 Å². The minimum atomic E-state index is 0.00311. The molecule has 24 heavy (non-hydrogen) atoms. The second-order valence-electron chi connectivity index (χ2n) is 6.05. The Bertz CT molecular complexity index is 649. The summed E-state index contributed by atoms with van der Waals surface area (Å²) in [6, 6.07) is 8.19. The highest BCUT2D eigenvalue weighted by Gasteiger charge is 2.14. The van der Waals surface area contributed by atoms with Gasteiger partial charge in [-0.2, -0.15) is 4.98 Å². The van der Waals surface area contributed by atoms with Gasteiger partial charge in [-0.1, -0.05) is 50.2 Å². The van der Waals surface area contributed by atoms with E-state index in [0.29, 0.717) is 37.3 Å². The summed E-state index contributed by atoms with van der Waals surface area (Å²) in [4.78, 5) is 18.1. The van der Waals surface area contributed by atoms with E-state index in [1.165, 1.54) is 5.56 Å². The van der Waals surface area contributed by atoms with Crippen LogP contribution >= 0.6 is 0 Å². The second kappa shape index (κ2) is 8.59. The van der Waals surface area contributed by atoms with Crippen LogP contribution in [0.4, 0.5) is 0 Å². The maximum absolute atomic E-state index is 11.7. The number of nitrogens with zero attached hydrogens (tertiary/aromatic N) is 3. The van der Waals surface area contributed by atoms with Crippen LogP contribution in [0.2, 0.25) is 0 Å². The fraction of sp³-hybridized carbons (Fsp3) is 0.500. The largest absolute Gasteiger partial charge is 0.355 e. The highest BCUT2D eigenvalue weighted by atomic mass is 16.5. The first-order valence-electron chi connectivity index (χ1n) is 8.45. The van der Waals surface area contributed by atoms with Crippen LogP contribution in [-0.4, -0.2) is 40.6 Å². The van der Waals surface area contributed by atoms with E-state index in [9.17, 15) is 4.79 Å². The molecule has 1 amide bonds. The van der Waals surface area contributed by atoms with Crippen LogP contribution in [-0.2, 0) is 11.3 Å². The zero-order valence-corrected chi connectivity index (χ0v) is 14.9. The number of nitrogens with one attached hydrogen (secondary N) is 1. The van der Waals surface area contributed by atoms with E-state index in [1.54, 1.807) is 0 Å². The number of carbonyl (C=O) groups is 1. The van der Waals surface area contributed by atoms with Crippen molar-refractivity contribution < 1.29 is 9.32 Å². The Kier molecular flexibility index (Phi) is 6.49. The minimum absolute atomic E-state index is 0.00311. The molecule has 0 aliphatic rings. The van der Waals surface area contributed by atoms with E-state index in [4.69, 9.17) is 4.52 Å². The van der Waals surface area contributed by atoms with Gasteiger partial charge < -0.3 is 9.84 Å². The quantitative estimate of drug-likeness (QED) is 0.806. The van der Waals surface area contributed by atoms with Gasteiger partial charge >= 0.3 is 0 Å². The molecule has 130 valence electrons. The smallest absolute Gasteiger partial charge is 0.241 e. The van der Waals surface area contributed by atoms with Crippen molar-refractivity contribution in [1.29, 1.82) is 0 Å². The third-order valence-corrected chi connectivity index (χ3v) is 3.85. The van der Waals surface area contributed by atoms with Gasteiger partial charge in [0, 0.05) is 12.1 Å². The lowest BCUT2D eigenvalue weighted by molar-refractivity contribution is -0.122. The Hall–Kier alpha value is -2.21. The van der Waals surface area contributed by atoms with Crippen molar-refractivity contribution in [3.05, 3.63) is 35.7 Å². The number of hydrogen-bond acceptors (Lipinski definition) is 5. The predicted octanol–water partition coefficient (Wildman–Crippen LogP) is 2.82. The molecule has 6 heteroatoms. The Morgan fingerprint density at radius 3 is 2.54 bits per heavy atom. The van der Waals surface area contributed by atoms with Crippen molar-refractivity contribution in [2.75, 3.05) is 19.6 Å². The van der Waals surface area contributed by atoms with E-state index >= 15 is 0 Å². The molecule has 0 aliphatic carbocycles. The highest BCUT2D eigenvalue weighted by Crippen LogP contribution is 2.20. The molecule has 0 bridgehead atoms. The average Bonchev–Trinajstić information content (AvgIpc) is 3.03. The van der Waals surface area contributed by atoms with E-state index in [2.05, 4.69) is 41.4 Å². The van der Waals surface area contributed by atoms with Gasteiger partial charge in [-0.15, -0.1) is 0 Å². The summed E-state index contributed by atoms with van der Waals surface area (Å²) in [7, 11) is 0. The molecular weight excluding hydrogens is 304 g/mol. The second-order valence-corrected chi connectivity index (χ2v) is 6.05. The normalized spacial score (nSPS) is 11.2. The number of hydrogen-bond donors (Lipinski definition) is 1. The highest BCUT2D eigenvalue weighted by molar-refractivity contribution is 5.77. The monoisotopic (exact) mass is 330 g/mol.